The summed E-state index contributed by atoms with van der Waals surface area (Å²) in [6.45, 7) is 6.45. The summed E-state index contributed by atoms with van der Waals surface area (Å²) in [6, 6.07) is 26.6. The molecule has 5 fully saturated rings. The summed E-state index contributed by atoms with van der Waals surface area (Å²) in [5.74, 6) is -5.56. The third-order valence-electron chi connectivity index (χ3n) is 21.7. The standard InChI is InChI=1S/C74H79N9O19S2/c1-43-50(47-20-21-51(78-62(47)66(91)92)46-19-18-45-12-9-13-48(49(45)34-46)65(90)80-68-79-52-14-6-7-15-56(52)103-68)36-76-83(43)42-72-38-70(2)37-71(3)39-73(40-72,41-74(70,71)72)100-31-28-81(29-32-104(96,97)98)69(95)99-30-10-11-44-17-22-55(101-61-35-54(84)63(89)64(102-61)67(93)94)53(33-44)77-58(86)25-26-75-57(85)16-5-4-8-27-82-59(87)23-24-60(82)88/h6-7,9-15,17-24,33-34,36,54,61,63-64,84,89H,4-5,8,16,25-32,35,37-42H2,1-3H3,(H,75,85)(H,77,86)(H,91,92)(H,93,94)(H,79,80,90)(H,96,97,98)/b11-10+/t54-,61-,63+,64+,70?,71?,72?,73?,74?/m1/s1. The minimum atomic E-state index is -4.54. The number of aliphatic hydroxyl groups is 2. The van der Waals surface area contributed by atoms with Gasteiger partial charge in [0.05, 0.1) is 51.9 Å². The molecule has 1 spiro atoms. The number of rotatable bonds is 30. The van der Waals surface area contributed by atoms with Gasteiger partial charge in [-0.25, -0.2) is 24.4 Å². The number of aliphatic carboxylic acids is 1. The molecule has 6 amide bonds. The van der Waals surface area contributed by atoms with Crippen LogP contribution in [-0.4, -0.2) is 186 Å². The average Bonchev–Trinajstić information content (AvgIpc) is 1.39. The van der Waals surface area contributed by atoms with Gasteiger partial charge in [-0.15, -0.1) is 0 Å². The summed E-state index contributed by atoms with van der Waals surface area (Å²) < 4.78 is 60.9. The number of para-hydroxylation sites is 1. The van der Waals surface area contributed by atoms with E-state index in [1.54, 1.807) is 42.6 Å². The van der Waals surface area contributed by atoms with E-state index in [1.165, 1.54) is 41.7 Å². The fraction of sp³-hybridized carbons (Fsp3) is 0.419. The van der Waals surface area contributed by atoms with Crippen molar-refractivity contribution in [2.24, 2.45) is 21.7 Å². The highest BCUT2D eigenvalue weighted by Crippen LogP contribution is 2.97. The third-order valence-corrected chi connectivity index (χ3v) is 23.3. The van der Waals surface area contributed by atoms with E-state index in [1.807, 2.05) is 60.1 Å². The summed E-state index contributed by atoms with van der Waals surface area (Å²) in [5, 5.41) is 56.3. The second kappa shape index (κ2) is 28.7. The number of fused-ring (bicyclic) bond motifs is 3. The number of ether oxygens (including phenoxy) is 4. The first-order chi connectivity index (χ1) is 49.6. The highest BCUT2D eigenvalue weighted by Gasteiger charge is 2.92. The van der Waals surface area contributed by atoms with E-state index in [9.17, 15) is 71.8 Å². The van der Waals surface area contributed by atoms with E-state index in [0.29, 0.717) is 76.3 Å². The summed E-state index contributed by atoms with van der Waals surface area (Å²) >= 11 is 1.37. The largest absolute Gasteiger partial charge is 0.479 e. The number of carbonyl (C=O) groups excluding carboxylic acids is 6. The first-order valence-electron chi connectivity index (χ1n) is 34.4. The van der Waals surface area contributed by atoms with Gasteiger partial charge in [0.25, 0.3) is 27.8 Å². The number of anilines is 2. The van der Waals surface area contributed by atoms with E-state index in [4.69, 9.17) is 29.0 Å². The van der Waals surface area contributed by atoms with Crippen molar-refractivity contribution >= 4 is 107 Å². The molecular weight excluding hydrogens is 1380 g/mol. The van der Waals surface area contributed by atoms with Crippen LogP contribution in [-0.2, 0) is 54.8 Å². The van der Waals surface area contributed by atoms with Crippen molar-refractivity contribution in [3.8, 4) is 28.1 Å². The van der Waals surface area contributed by atoms with E-state index in [0.717, 1.165) is 56.8 Å². The zero-order chi connectivity index (χ0) is 73.7. The van der Waals surface area contributed by atoms with Crippen molar-refractivity contribution in [1.82, 2.24) is 34.9 Å². The van der Waals surface area contributed by atoms with Gasteiger partial charge in [0.2, 0.25) is 18.1 Å². The molecule has 4 aliphatic carbocycles. The van der Waals surface area contributed by atoms with Crippen molar-refractivity contribution in [3.63, 3.8) is 0 Å². The van der Waals surface area contributed by atoms with Crippen LogP contribution in [0.25, 0.3) is 49.4 Å². The van der Waals surface area contributed by atoms with Gasteiger partial charge >= 0.3 is 18.0 Å². The Morgan fingerprint density at radius 2 is 1.62 bits per heavy atom. The number of imide groups is 1. The molecule has 13 rings (SSSR count). The third kappa shape index (κ3) is 14.2. The fourth-order valence-corrected chi connectivity index (χ4v) is 19.1. The number of thiazole rings is 1. The minimum absolute atomic E-state index is 0.00676. The van der Waals surface area contributed by atoms with E-state index in [2.05, 4.69) is 34.8 Å². The van der Waals surface area contributed by atoms with Gasteiger partial charge in [0, 0.05) is 97.5 Å². The maximum absolute atomic E-state index is 13.9. The molecule has 5 heterocycles. The molecule has 8 N–H and O–H groups in total. The van der Waals surface area contributed by atoms with Crippen molar-refractivity contribution in [3.05, 3.63) is 138 Å². The lowest BCUT2D eigenvalue weighted by Crippen LogP contribution is -2.78. The predicted molar refractivity (Wildman–Crippen MR) is 379 cm³/mol. The first-order valence-corrected chi connectivity index (χ1v) is 36.8. The number of carboxylic acids is 2. The molecule has 546 valence electrons. The van der Waals surface area contributed by atoms with Crippen LogP contribution in [0.5, 0.6) is 5.75 Å². The molecular formula is C74H79N9O19S2. The van der Waals surface area contributed by atoms with Crippen molar-refractivity contribution in [2.75, 3.05) is 55.8 Å². The van der Waals surface area contributed by atoms with Gasteiger partial charge < -0.3 is 54.9 Å². The quantitative estimate of drug-likeness (QED) is 0.0118. The molecule has 4 aromatic carbocycles. The Morgan fingerprint density at radius 3 is 2.38 bits per heavy atom. The number of carbonyl (C=O) groups is 8. The zero-order valence-electron chi connectivity index (χ0n) is 57.2. The molecule has 3 aromatic heterocycles. The lowest BCUT2D eigenvalue weighted by atomic mass is 9.21. The Labute approximate surface area is 601 Å². The number of hydrogen-bond acceptors (Lipinski definition) is 20. The number of nitrogens with zero attached hydrogens (tertiary/aromatic N) is 6. The van der Waals surface area contributed by atoms with Gasteiger partial charge in [0.1, 0.15) is 18.5 Å². The van der Waals surface area contributed by atoms with Crippen LogP contribution >= 0.6 is 11.3 Å². The van der Waals surface area contributed by atoms with Gasteiger partial charge in [-0.3, -0.25) is 43.4 Å². The molecule has 6 aliphatic rings. The van der Waals surface area contributed by atoms with Gasteiger partial charge in [-0.05, 0) is 139 Å². The van der Waals surface area contributed by atoms with Crippen molar-refractivity contribution in [1.29, 1.82) is 0 Å². The topological polar surface area (TPSA) is 395 Å². The van der Waals surface area contributed by atoms with Crippen LogP contribution in [0.2, 0.25) is 0 Å². The monoisotopic (exact) mass is 1460 g/mol. The molecule has 5 unspecified atom stereocenters. The van der Waals surface area contributed by atoms with Crippen LogP contribution in [0, 0.1) is 28.6 Å². The van der Waals surface area contributed by atoms with Crippen LogP contribution < -0.4 is 20.7 Å². The maximum atomic E-state index is 13.9. The van der Waals surface area contributed by atoms with E-state index < -0.39 is 76.6 Å². The predicted octanol–water partition coefficient (Wildman–Crippen LogP) is 8.65. The molecule has 104 heavy (non-hydrogen) atoms. The molecule has 28 nitrogen and oxygen atoms in total. The normalized spacial score (nSPS) is 25.0. The zero-order valence-corrected chi connectivity index (χ0v) is 58.9. The van der Waals surface area contributed by atoms with Gasteiger partial charge in [-0.1, -0.05) is 80.1 Å². The number of unbranched alkanes of at least 4 members (excludes halogenated alkanes) is 2. The number of pyridine rings is 1. The van der Waals surface area contributed by atoms with E-state index in [-0.39, 0.29) is 115 Å². The highest BCUT2D eigenvalue weighted by atomic mass is 32.2. The number of aliphatic hydroxyl groups excluding tert-OH is 2. The van der Waals surface area contributed by atoms with Crippen LogP contribution in [0.1, 0.15) is 117 Å². The van der Waals surface area contributed by atoms with Crippen LogP contribution in [0.15, 0.2) is 115 Å². The van der Waals surface area contributed by atoms with E-state index >= 15 is 0 Å². The Morgan fingerprint density at radius 1 is 0.827 bits per heavy atom. The van der Waals surface area contributed by atoms with Crippen molar-refractivity contribution < 1.29 is 90.7 Å². The molecule has 9 atom stereocenters. The highest BCUT2D eigenvalue weighted by molar-refractivity contribution is 7.85. The smallest absolute Gasteiger partial charge is 0.410 e. The first kappa shape index (κ1) is 72.5. The Balaban J connectivity index is 0.646. The number of aromatic nitrogens is 4. The lowest BCUT2D eigenvalue weighted by molar-refractivity contribution is -0.359. The number of amides is 6. The van der Waals surface area contributed by atoms with Gasteiger partial charge in [-0.2, -0.15) is 13.5 Å². The lowest BCUT2D eigenvalue weighted by Gasteiger charge is -2.83. The number of nitrogens with one attached hydrogen (secondary N) is 3. The van der Waals surface area contributed by atoms with Crippen LogP contribution in [0.4, 0.5) is 15.6 Å². The second-order valence-electron chi connectivity index (χ2n) is 28.5. The summed E-state index contributed by atoms with van der Waals surface area (Å²) in [6.07, 6.45) is 4.98. The number of benzene rings is 4. The molecule has 2 aliphatic heterocycles. The minimum Gasteiger partial charge on any atom is -0.479 e. The number of carboxylic acid groups (broad SMARTS) is 2. The molecule has 30 heteroatoms. The Kier molecular flexibility index (Phi) is 20.0. The number of hydrogen-bond donors (Lipinski definition) is 8. The average molecular weight is 1460 g/mol. The molecule has 7 aromatic rings. The van der Waals surface area contributed by atoms with Crippen LogP contribution in [0.3, 0.4) is 0 Å². The molecule has 0 radical (unpaired) electrons. The summed E-state index contributed by atoms with van der Waals surface area (Å²) in [4.78, 5) is 114. The maximum Gasteiger partial charge on any atom is 0.410 e. The number of aromatic carboxylic acids is 1. The summed E-state index contributed by atoms with van der Waals surface area (Å²) in [7, 11) is -4.54. The Hall–Kier alpha value is -9.82. The summed E-state index contributed by atoms with van der Waals surface area (Å²) in [5.41, 5.74) is 3.23. The fourth-order valence-electron chi connectivity index (χ4n) is 17.8. The second-order valence-corrected chi connectivity index (χ2v) is 31.1. The van der Waals surface area contributed by atoms with Crippen molar-refractivity contribution in [2.45, 2.75) is 128 Å². The Bertz CT molecular complexity index is 4760. The molecule has 2 bridgehead atoms. The molecule has 1 saturated heterocycles. The van der Waals surface area contributed by atoms with Gasteiger partial charge in [0.15, 0.2) is 16.9 Å². The SMILES string of the molecule is Cc1c(-c2ccc(-c3ccc4cccc(C(=O)Nc5nc6ccccc6s5)c4c3)nc2C(=O)O)cnn1CC12CC3(OCCN(CCS(=O)(=O)O)C(=O)OC/C=C/c4ccc(O[C@H]5C[C@@H](O)[C@H](O)[C@@H](C(=O)O)O5)c(NC(=O)CCNC(=O)CCCCCN5C(=O)C=CC5=O)c4)CC4(C)CC(C)(C1)C42C3. The molecule has 4 saturated carbocycles.